The van der Waals surface area contributed by atoms with Crippen LogP contribution in [0.25, 0.3) is 16.7 Å². The van der Waals surface area contributed by atoms with Crippen molar-refractivity contribution in [2.24, 2.45) is 0 Å². The van der Waals surface area contributed by atoms with Crippen LogP contribution in [0.5, 0.6) is 0 Å². The second-order valence-corrected chi connectivity index (χ2v) is 7.72. The van der Waals surface area contributed by atoms with E-state index in [4.69, 9.17) is 0 Å². The first-order chi connectivity index (χ1) is 15.9. The molecule has 0 radical (unpaired) electrons. The van der Waals surface area contributed by atoms with Crippen molar-refractivity contribution in [3.8, 4) is 6.07 Å². The fraction of sp³-hybridized carbons (Fsp3) is 0.0952. The van der Waals surface area contributed by atoms with Gasteiger partial charge in [-0.15, -0.1) is 16.8 Å². The van der Waals surface area contributed by atoms with Crippen LogP contribution in [0.3, 0.4) is 0 Å². The molecule has 2 heterocycles. The number of fused-ring (bicyclic) bond motifs is 3. The van der Waals surface area contributed by atoms with E-state index in [1.54, 1.807) is 34.7 Å². The maximum Gasteiger partial charge on any atom is 0.270 e. The van der Waals surface area contributed by atoms with Gasteiger partial charge in [0.1, 0.15) is 6.07 Å². The molecule has 1 amide bonds. The fourth-order valence-electron chi connectivity index (χ4n) is 3.28. The summed E-state index contributed by atoms with van der Waals surface area (Å²) in [6.45, 7) is 3.93. The van der Waals surface area contributed by atoms with Gasteiger partial charge in [-0.3, -0.25) is 28.7 Å². The normalized spacial score (nSPS) is 10.8. The van der Waals surface area contributed by atoms with E-state index in [-0.39, 0.29) is 34.8 Å². The van der Waals surface area contributed by atoms with E-state index in [9.17, 15) is 25.0 Å². The van der Waals surface area contributed by atoms with E-state index in [1.165, 1.54) is 16.7 Å². The highest BCUT2D eigenvalue weighted by Crippen LogP contribution is 2.24. The van der Waals surface area contributed by atoms with E-state index >= 15 is 0 Å². The molecule has 0 spiro atoms. The van der Waals surface area contributed by atoms with E-state index in [0.717, 1.165) is 17.8 Å². The number of carbonyl (C=O) groups is 1. The zero-order valence-corrected chi connectivity index (χ0v) is 17.8. The van der Waals surface area contributed by atoms with Crippen LogP contribution < -0.4 is 10.9 Å². The van der Waals surface area contributed by atoms with Gasteiger partial charge in [0.15, 0.2) is 5.16 Å². The first-order valence-electron chi connectivity index (χ1n) is 9.53. The second-order valence-electron chi connectivity index (χ2n) is 6.78. The van der Waals surface area contributed by atoms with E-state index in [0.29, 0.717) is 21.8 Å². The van der Waals surface area contributed by atoms with E-state index in [1.807, 2.05) is 6.07 Å². The van der Waals surface area contributed by atoms with Gasteiger partial charge in [-0.05, 0) is 18.2 Å². The highest BCUT2D eigenvalue weighted by Gasteiger charge is 2.18. The Balaban J connectivity index is 1.63. The lowest BCUT2D eigenvalue weighted by molar-refractivity contribution is -0.384. The first-order valence-corrected chi connectivity index (χ1v) is 10.5. The summed E-state index contributed by atoms with van der Waals surface area (Å²) in [5, 5.41) is 31.9. The Morgan fingerprint density at radius 3 is 2.82 bits per heavy atom. The number of nitriles is 1. The van der Waals surface area contributed by atoms with Gasteiger partial charge in [0, 0.05) is 18.7 Å². The van der Waals surface area contributed by atoms with Crippen LogP contribution in [0.1, 0.15) is 5.56 Å². The van der Waals surface area contributed by atoms with Crippen molar-refractivity contribution >= 4 is 45.7 Å². The van der Waals surface area contributed by atoms with Gasteiger partial charge in [-0.1, -0.05) is 30.0 Å². The molecule has 0 saturated heterocycles. The Morgan fingerprint density at radius 1 is 1.30 bits per heavy atom. The zero-order chi connectivity index (χ0) is 23.5. The molecule has 2 aromatic carbocycles. The maximum atomic E-state index is 12.8. The number of benzene rings is 2. The summed E-state index contributed by atoms with van der Waals surface area (Å²) in [7, 11) is 0. The minimum absolute atomic E-state index is 0.0186. The van der Waals surface area contributed by atoms with Crippen molar-refractivity contribution in [1.29, 1.82) is 5.26 Å². The highest BCUT2D eigenvalue weighted by molar-refractivity contribution is 7.99. The van der Waals surface area contributed by atoms with Crippen LogP contribution in [-0.4, -0.2) is 35.7 Å². The van der Waals surface area contributed by atoms with Gasteiger partial charge in [-0.25, -0.2) is 0 Å². The molecule has 0 atom stereocenters. The Bertz CT molecular complexity index is 1530. The highest BCUT2D eigenvalue weighted by atomic mass is 32.2. The largest absolute Gasteiger partial charge is 0.324 e. The molecule has 164 valence electrons. The summed E-state index contributed by atoms with van der Waals surface area (Å²) in [5.74, 6) is -0.188. The van der Waals surface area contributed by atoms with Crippen molar-refractivity contribution in [2.75, 3.05) is 11.1 Å². The van der Waals surface area contributed by atoms with Crippen LogP contribution in [-0.2, 0) is 11.3 Å². The number of hydrogen-bond acceptors (Lipinski definition) is 8. The number of nitrogens with zero attached hydrogens (tertiary/aromatic N) is 6. The third-order valence-corrected chi connectivity index (χ3v) is 5.66. The standard InChI is InChI=1S/C21H15N7O4S/c1-2-9-26-19(30)15-5-3-4-6-17(15)27-20(26)24-25-21(27)33-12-18(29)23-16-8-7-14(28(31)32)10-13(16)11-22/h2-8,10H,1,9,12H2,(H,23,29). The third-order valence-electron chi connectivity index (χ3n) is 4.73. The Kier molecular flexibility index (Phi) is 5.88. The van der Waals surface area contributed by atoms with E-state index < -0.39 is 10.8 Å². The van der Waals surface area contributed by atoms with Gasteiger partial charge in [-0.2, -0.15) is 5.26 Å². The molecule has 1 N–H and O–H groups in total. The number of thioether (sulfide) groups is 1. The van der Waals surface area contributed by atoms with Crippen molar-refractivity contribution in [2.45, 2.75) is 11.7 Å². The Hall–Kier alpha value is -4.50. The SMILES string of the molecule is C=CCn1c(=O)c2ccccc2n2c(SCC(=O)Nc3ccc([N+](=O)[O-])cc3C#N)nnc12. The van der Waals surface area contributed by atoms with Crippen LogP contribution in [0, 0.1) is 21.4 Å². The Labute approximate surface area is 190 Å². The van der Waals surface area contributed by atoms with Crippen molar-refractivity contribution in [3.05, 3.63) is 81.2 Å². The predicted octanol–water partition coefficient (Wildman–Crippen LogP) is 2.74. The number of allylic oxidation sites excluding steroid dienone is 1. The quantitative estimate of drug-likeness (QED) is 0.191. The predicted molar refractivity (Wildman–Crippen MR) is 122 cm³/mol. The van der Waals surface area contributed by atoms with Crippen molar-refractivity contribution in [3.63, 3.8) is 0 Å². The minimum atomic E-state index is -0.616. The molecule has 0 fully saturated rings. The number of rotatable bonds is 7. The lowest BCUT2D eigenvalue weighted by Gasteiger charge is -2.10. The molecule has 0 saturated carbocycles. The van der Waals surface area contributed by atoms with Crippen molar-refractivity contribution in [1.82, 2.24) is 19.2 Å². The lowest BCUT2D eigenvalue weighted by Crippen LogP contribution is -2.22. The topological polar surface area (TPSA) is 148 Å². The van der Waals surface area contributed by atoms with Crippen LogP contribution in [0.4, 0.5) is 11.4 Å². The maximum absolute atomic E-state index is 12.8. The summed E-state index contributed by atoms with van der Waals surface area (Å²) in [6, 6.07) is 12.5. The number of para-hydroxylation sites is 1. The number of non-ortho nitro benzene ring substituents is 1. The number of hydrogen-bond donors (Lipinski definition) is 1. The summed E-state index contributed by atoms with van der Waals surface area (Å²) in [4.78, 5) is 35.6. The number of nitrogens with one attached hydrogen (secondary N) is 1. The van der Waals surface area contributed by atoms with Crippen LogP contribution >= 0.6 is 11.8 Å². The molecular formula is C21H15N7O4S. The number of amides is 1. The van der Waals surface area contributed by atoms with Crippen LogP contribution in [0.15, 0.2) is 65.1 Å². The lowest BCUT2D eigenvalue weighted by atomic mass is 10.1. The van der Waals surface area contributed by atoms with Gasteiger partial charge in [0.05, 0.1) is 32.8 Å². The average Bonchev–Trinajstić information content (AvgIpc) is 3.24. The van der Waals surface area contributed by atoms with Crippen LogP contribution in [0.2, 0.25) is 0 Å². The minimum Gasteiger partial charge on any atom is -0.324 e. The molecule has 12 heteroatoms. The molecular weight excluding hydrogens is 446 g/mol. The number of nitro groups is 1. The van der Waals surface area contributed by atoms with Gasteiger partial charge in [0.25, 0.3) is 11.2 Å². The van der Waals surface area contributed by atoms with Crippen molar-refractivity contribution < 1.29 is 9.72 Å². The summed E-state index contributed by atoms with van der Waals surface area (Å²) in [6.07, 6.45) is 1.59. The number of carbonyl (C=O) groups excluding carboxylic acids is 1. The molecule has 0 aliphatic carbocycles. The molecule has 4 rings (SSSR count). The zero-order valence-electron chi connectivity index (χ0n) is 17.0. The molecule has 0 bridgehead atoms. The molecule has 2 aromatic heterocycles. The Morgan fingerprint density at radius 2 is 2.09 bits per heavy atom. The molecule has 11 nitrogen and oxygen atoms in total. The number of anilines is 1. The number of aromatic nitrogens is 4. The number of nitro benzene ring substituents is 1. The molecule has 0 unspecified atom stereocenters. The summed E-state index contributed by atoms with van der Waals surface area (Å²) in [5.41, 5.74) is 0.293. The average molecular weight is 461 g/mol. The second kappa shape index (κ2) is 8.93. The first kappa shape index (κ1) is 21.7. The summed E-state index contributed by atoms with van der Waals surface area (Å²) < 4.78 is 3.15. The molecule has 0 aliphatic rings. The molecule has 33 heavy (non-hydrogen) atoms. The monoisotopic (exact) mass is 461 g/mol. The summed E-state index contributed by atoms with van der Waals surface area (Å²) >= 11 is 1.10. The van der Waals surface area contributed by atoms with Gasteiger partial charge >= 0.3 is 0 Å². The van der Waals surface area contributed by atoms with Gasteiger partial charge < -0.3 is 5.32 Å². The van der Waals surface area contributed by atoms with Gasteiger partial charge in [0.2, 0.25) is 11.7 Å². The smallest absolute Gasteiger partial charge is 0.270 e. The van der Waals surface area contributed by atoms with E-state index in [2.05, 4.69) is 22.1 Å². The fourth-order valence-corrected chi connectivity index (χ4v) is 4.02. The molecule has 4 aromatic rings. The third kappa shape index (κ3) is 4.04. The molecule has 0 aliphatic heterocycles.